The fourth-order valence-corrected chi connectivity index (χ4v) is 3.11. The Morgan fingerprint density at radius 2 is 1.95 bits per heavy atom. The summed E-state index contributed by atoms with van der Waals surface area (Å²) in [5, 5.41) is 0. The molecule has 0 fully saturated rings. The van der Waals surface area contributed by atoms with Gasteiger partial charge in [0, 0.05) is 10.5 Å². The molecule has 0 saturated carbocycles. The van der Waals surface area contributed by atoms with Crippen molar-refractivity contribution in [3.05, 3.63) is 58.9 Å². The molecule has 0 saturated heterocycles. The first-order valence-electron chi connectivity index (χ1n) is 6.21. The Hall–Kier alpha value is -2.21. The third-order valence-corrected chi connectivity index (χ3v) is 4.50. The quantitative estimate of drug-likeness (QED) is 0.848. The maximum atomic E-state index is 13.4. The fraction of sp³-hybridized carbons (Fsp3) is 0.133. The van der Waals surface area contributed by atoms with Crippen LogP contribution in [0.25, 0.3) is 0 Å². The molecule has 1 unspecified atom stereocenters. The van der Waals surface area contributed by atoms with Crippen LogP contribution < -0.4 is 11.5 Å². The van der Waals surface area contributed by atoms with E-state index in [1.807, 2.05) is 6.92 Å². The smallest absolute Gasteiger partial charge is 0.248 e. The summed E-state index contributed by atoms with van der Waals surface area (Å²) in [7, 11) is -1.39. The molecule has 6 heteroatoms. The van der Waals surface area contributed by atoms with Gasteiger partial charge < -0.3 is 11.5 Å². The van der Waals surface area contributed by atoms with Gasteiger partial charge in [0.1, 0.15) is 5.82 Å². The normalized spacial score (nSPS) is 12.1. The highest BCUT2D eigenvalue weighted by Crippen LogP contribution is 2.19. The highest BCUT2D eigenvalue weighted by atomic mass is 32.2. The second-order valence-corrected chi connectivity index (χ2v) is 6.13. The average molecular weight is 306 g/mol. The highest BCUT2D eigenvalue weighted by Gasteiger charge is 2.11. The monoisotopic (exact) mass is 306 g/mol. The number of carbonyl (C=O) groups excluding carboxylic acids is 1. The number of nitrogens with two attached hydrogens (primary N) is 2. The maximum Gasteiger partial charge on any atom is 0.248 e. The SMILES string of the molecule is Cc1cc(C(N)=O)ccc1CS(=O)c1ccc(N)c(F)c1. The lowest BCUT2D eigenvalue weighted by molar-refractivity contribution is 0.1000. The predicted molar refractivity (Wildman–Crippen MR) is 80.6 cm³/mol. The molecule has 2 aromatic carbocycles. The Morgan fingerprint density at radius 1 is 1.24 bits per heavy atom. The van der Waals surface area contributed by atoms with Gasteiger partial charge in [0.25, 0.3) is 0 Å². The lowest BCUT2D eigenvalue weighted by Crippen LogP contribution is -2.11. The Bertz CT molecular complexity index is 732. The molecule has 4 nitrogen and oxygen atoms in total. The van der Waals surface area contributed by atoms with Crippen LogP contribution >= 0.6 is 0 Å². The lowest BCUT2D eigenvalue weighted by Gasteiger charge is -2.08. The van der Waals surface area contributed by atoms with Crippen LogP contribution in [-0.2, 0) is 16.6 Å². The van der Waals surface area contributed by atoms with E-state index in [-0.39, 0.29) is 11.4 Å². The number of primary amides is 1. The number of anilines is 1. The standard InChI is InChI=1S/C15H15FN2O2S/c1-9-6-10(15(18)19)2-3-11(9)8-21(20)12-4-5-14(17)13(16)7-12/h2-7H,8,17H2,1H3,(H2,18,19). The van der Waals surface area contributed by atoms with Gasteiger partial charge in [-0.1, -0.05) is 6.07 Å². The summed E-state index contributed by atoms with van der Waals surface area (Å²) in [6.45, 7) is 1.81. The van der Waals surface area contributed by atoms with E-state index in [9.17, 15) is 13.4 Å². The molecule has 4 N–H and O–H groups in total. The van der Waals surface area contributed by atoms with Gasteiger partial charge in [-0.25, -0.2) is 4.39 Å². The van der Waals surface area contributed by atoms with E-state index in [1.54, 1.807) is 24.3 Å². The van der Waals surface area contributed by atoms with Gasteiger partial charge in [0.05, 0.1) is 22.2 Å². The van der Waals surface area contributed by atoms with Crippen LogP contribution in [0.3, 0.4) is 0 Å². The summed E-state index contributed by atoms with van der Waals surface area (Å²) in [4.78, 5) is 11.5. The number of halogens is 1. The summed E-state index contributed by atoms with van der Waals surface area (Å²) in [6.07, 6.45) is 0. The van der Waals surface area contributed by atoms with Crippen LogP contribution in [0.1, 0.15) is 21.5 Å². The van der Waals surface area contributed by atoms with E-state index in [2.05, 4.69) is 0 Å². The summed E-state index contributed by atoms with van der Waals surface area (Å²) < 4.78 is 25.6. The minimum atomic E-state index is -1.39. The number of benzene rings is 2. The number of rotatable bonds is 4. The van der Waals surface area contributed by atoms with Gasteiger partial charge in [-0.05, 0) is 48.4 Å². The molecule has 0 aliphatic carbocycles. The summed E-state index contributed by atoms with van der Waals surface area (Å²) >= 11 is 0. The molecule has 1 atom stereocenters. The van der Waals surface area contributed by atoms with Crippen molar-refractivity contribution in [1.82, 2.24) is 0 Å². The van der Waals surface area contributed by atoms with E-state index in [1.165, 1.54) is 12.1 Å². The van der Waals surface area contributed by atoms with Gasteiger partial charge in [-0.15, -0.1) is 0 Å². The van der Waals surface area contributed by atoms with E-state index in [0.717, 1.165) is 11.1 Å². The van der Waals surface area contributed by atoms with Gasteiger partial charge in [0.2, 0.25) is 5.91 Å². The topological polar surface area (TPSA) is 86.2 Å². The van der Waals surface area contributed by atoms with Crippen LogP contribution in [0, 0.1) is 12.7 Å². The van der Waals surface area contributed by atoms with Gasteiger partial charge >= 0.3 is 0 Å². The van der Waals surface area contributed by atoms with Crippen LogP contribution in [0.4, 0.5) is 10.1 Å². The first-order chi connectivity index (χ1) is 9.88. The molecule has 2 rings (SSSR count). The molecule has 0 heterocycles. The number of amides is 1. The largest absolute Gasteiger partial charge is 0.396 e. The van der Waals surface area contributed by atoms with Crippen LogP contribution in [0.5, 0.6) is 0 Å². The van der Waals surface area contributed by atoms with Crippen molar-refractivity contribution in [1.29, 1.82) is 0 Å². The van der Waals surface area contributed by atoms with Crippen molar-refractivity contribution < 1.29 is 13.4 Å². The highest BCUT2D eigenvalue weighted by molar-refractivity contribution is 7.84. The van der Waals surface area contributed by atoms with Gasteiger partial charge in [0.15, 0.2) is 0 Å². The summed E-state index contributed by atoms with van der Waals surface area (Å²) in [6, 6.07) is 9.07. The molecule has 0 radical (unpaired) electrons. The number of carbonyl (C=O) groups is 1. The minimum Gasteiger partial charge on any atom is -0.396 e. The molecule has 0 bridgehead atoms. The zero-order valence-corrected chi connectivity index (χ0v) is 12.2. The van der Waals surface area contributed by atoms with E-state index >= 15 is 0 Å². The van der Waals surface area contributed by atoms with Crippen molar-refractivity contribution in [3.63, 3.8) is 0 Å². The molecule has 0 aromatic heterocycles. The van der Waals surface area contributed by atoms with Crippen LogP contribution in [0.15, 0.2) is 41.3 Å². The van der Waals surface area contributed by atoms with Crippen molar-refractivity contribution in [2.24, 2.45) is 5.73 Å². The zero-order chi connectivity index (χ0) is 15.6. The second-order valence-electron chi connectivity index (χ2n) is 4.68. The Balaban J connectivity index is 2.23. The predicted octanol–water partition coefficient (Wildman–Crippen LogP) is 2.12. The molecule has 2 aromatic rings. The minimum absolute atomic E-state index is 0.0257. The Kier molecular flexibility index (Phi) is 4.37. The first kappa shape index (κ1) is 15.2. The van der Waals surface area contributed by atoms with Crippen molar-refractivity contribution in [3.8, 4) is 0 Å². The first-order valence-corrected chi connectivity index (χ1v) is 7.53. The Labute approximate surface area is 124 Å². The molecule has 110 valence electrons. The Morgan fingerprint density at radius 3 is 2.52 bits per heavy atom. The summed E-state index contributed by atoms with van der Waals surface area (Å²) in [5.41, 5.74) is 12.7. The lowest BCUT2D eigenvalue weighted by atomic mass is 10.1. The van der Waals surface area contributed by atoms with Crippen molar-refractivity contribution >= 4 is 22.4 Å². The maximum absolute atomic E-state index is 13.4. The third kappa shape index (κ3) is 3.46. The molecular formula is C15H15FN2O2S. The fourth-order valence-electron chi connectivity index (χ4n) is 1.89. The van der Waals surface area contributed by atoms with Crippen molar-refractivity contribution in [2.75, 3.05) is 5.73 Å². The molecule has 0 aliphatic rings. The molecule has 21 heavy (non-hydrogen) atoms. The number of hydrogen-bond acceptors (Lipinski definition) is 3. The number of hydrogen-bond donors (Lipinski definition) is 2. The number of aryl methyl sites for hydroxylation is 1. The molecular weight excluding hydrogens is 291 g/mol. The number of nitrogen functional groups attached to an aromatic ring is 1. The molecule has 0 aliphatic heterocycles. The van der Waals surface area contributed by atoms with Crippen LogP contribution in [-0.4, -0.2) is 10.1 Å². The summed E-state index contributed by atoms with van der Waals surface area (Å²) in [5.74, 6) is -0.859. The van der Waals surface area contributed by atoms with Gasteiger partial charge in [-0.2, -0.15) is 0 Å². The van der Waals surface area contributed by atoms with E-state index < -0.39 is 22.5 Å². The van der Waals surface area contributed by atoms with Gasteiger partial charge in [-0.3, -0.25) is 9.00 Å². The zero-order valence-electron chi connectivity index (χ0n) is 11.4. The van der Waals surface area contributed by atoms with E-state index in [4.69, 9.17) is 11.5 Å². The molecule has 1 amide bonds. The third-order valence-electron chi connectivity index (χ3n) is 3.15. The van der Waals surface area contributed by atoms with Crippen molar-refractivity contribution in [2.45, 2.75) is 17.6 Å². The second kappa shape index (κ2) is 6.05. The molecule has 0 spiro atoms. The van der Waals surface area contributed by atoms with E-state index in [0.29, 0.717) is 10.5 Å². The average Bonchev–Trinajstić information content (AvgIpc) is 2.43. The van der Waals surface area contributed by atoms with Crippen LogP contribution in [0.2, 0.25) is 0 Å².